The van der Waals surface area contributed by atoms with Crippen molar-refractivity contribution in [2.75, 3.05) is 0 Å². The van der Waals surface area contributed by atoms with E-state index in [4.69, 9.17) is 0 Å². The SMILES string of the molecule is O=C(NCc1ccc(F)cc1)c1ccn(Cn2cccn2)n1. The number of hydrogen-bond acceptors (Lipinski definition) is 3. The summed E-state index contributed by atoms with van der Waals surface area (Å²) in [7, 11) is 0. The topological polar surface area (TPSA) is 64.7 Å². The molecule has 0 fully saturated rings. The van der Waals surface area contributed by atoms with Crippen LogP contribution >= 0.6 is 0 Å². The number of amides is 1. The number of nitrogens with one attached hydrogen (secondary N) is 1. The van der Waals surface area contributed by atoms with Gasteiger partial charge in [0.15, 0.2) is 0 Å². The number of halogens is 1. The van der Waals surface area contributed by atoms with Crippen LogP contribution in [-0.4, -0.2) is 25.5 Å². The average Bonchev–Trinajstić information content (AvgIpc) is 3.19. The second-order valence-electron chi connectivity index (χ2n) is 4.74. The Morgan fingerprint density at radius 3 is 2.68 bits per heavy atom. The van der Waals surface area contributed by atoms with Gasteiger partial charge in [0.05, 0.1) is 0 Å². The van der Waals surface area contributed by atoms with Crippen molar-refractivity contribution in [2.24, 2.45) is 0 Å². The lowest BCUT2D eigenvalue weighted by Crippen LogP contribution is -2.23. The molecule has 2 aromatic heterocycles. The molecule has 1 amide bonds. The van der Waals surface area contributed by atoms with Crippen molar-refractivity contribution in [3.63, 3.8) is 0 Å². The molecular formula is C15H14FN5O. The first-order valence-corrected chi connectivity index (χ1v) is 6.74. The van der Waals surface area contributed by atoms with E-state index in [2.05, 4.69) is 15.5 Å². The van der Waals surface area contributed by atoms with Crippen LogP contribution in [0.3, 0.4) is 0 Å². The van der Waals surface area contributed by atoms with Crippen molar-refractivity contribution in [3.05, 3.63) is 72.1 Å². The Balaban J connectivity index is 1.58. The molecule has 0 saturated carbocycles. The van der Waals surface area contributed by atoms with Gasteiger partial charge in [-0.1, -0.05) is 12.1 Å². The summed E-state index contributed by atoms with van der Waals surface area (Å²) < 4.78 is 16.1. The summed E-state index contributed by atoms with van der Waals surface area (Å²) in [6, 6.07) is 9.45. The van der Waals surface area contributed by atoms with Gasteiger partial charge in [0.2, 0.25) is 0 Å². The normalized spacial score (nSPS) is 10.6. The predicted molar refractivity (Wildman–Crippen MR) is 77.4 cm³/mol. The largest absolute Gasteiger partial charge is 0.347 e. The zero-order valence-electron chi connectivity index (χ0n) is 11.7. The minimum atomic E-state index is -0.299. The van der Waals surface area contributed by atoms with Crippen LogP contribution in [0.1, 0.15) is 16.1 Å². The molecule has 0 bridgehead atoms. The standard InChI is InChI=1S/C15H14FN5O/c16-13-4-2-12(3-5-13)10-17-15(22)14-6-9-21(19-14)11-20-8-1-7-18-20/h1-9H,10-11H2,(H,17,22). The van der Waals surface area contributed by atoms with Gasteiger partial charge in [-0.25, -0.2) is 4.39 Å². The van der Waals surface area contributed by atoms with Crippen LogP contribution in [-0.2, 0) is 13.2 Å². The van der Waals surface area contributed by atoms with Gasteiger partial charge >= 0.3 is 0 Å². The second kappa shape index (κ2) is 6.21. The molecule has 0 aliphatic rings. The first-order valence-electron chi connectivity index (χ1n) is 6.74. The molecule has 0 atom stereocenters. The number of carbonyl (C=O) groups is 1. The number of benzene rings is 1. The summed E-state index contributed by atoms with van der Waals surface area (Å²) in [5.41, 5.74) is 1.15. The number of nitrogens with zero attached hydrogens (tertiary/aromatic N) is 4. The number of hydrogen-bond donors (Lipinski definition) is 1. The molecule has 6 nitrogen and oxygen atoms in total. The van der Waals surface area contributed by atoms with Crippen molar-refractivity contribution in [2.45, 2.75) is 13.2 Å². The van der Waals surface area contributed by atoms with E-state index in [9.17, 15) is 9.18 Å². The van der Waals surface area contributed by atoms with E-state index in [1.54, 1.807) is 40.0 Å². The lowest BCUT2D eigenvalue weighted by Gasteiger charge is -2.04. The number of aromatic nitrogens is 4. The Hall–Kier alpha value is -2.96. The van der Waals surface area contributed by atoms with Gasteiger partial charge in [0.25, 0.3) is 5.91 Å². The van der Waals surface area contributed by atoms with Crippen LogP contribution in [0.4, 0.5) is 4.39 Å². The molecule has 7 heteroatoms. The smallest absolute Gasteiger partial charge is 0.272 e. The summed E-state index contributed by atoms with van der Waals surface area (Å²) >= 11 is 0. The van der Waals surface area contributed by atoms with Crippen LogP contribution in [0, 0.1) is 5.82 Å². The molecule has 0 unspecified atom stereocenters. The molecule has 0 radical (unpaired) electrons. The molecule has 1 N–H and O–H groups in total. The highest BCUT2D eigenvalue weighted by Crippen LogP contribution is 2.03. The first-order chi connectivity index (χ1) is 10.7. The molecule has 0 aliphatic heterocycles. The summed E-state index contributed by atoms with van der Waals surface area (Å²) in [6.45, 7) is 0.767. The third kappa shape index (κ3) is 3.38. The van der Waals surface area contributed by atoms with E-state index in [1.165, 1.54) is 12.1 Å². The quantitative estimate of drug-likeness (QED) is 0.779. The second-order valence-corrected chi connectivity index (χ2v) is 4.74. The zero-order valence-corrected chi connectivity index (χ0v) is 11.7. The predicted octanol–water partition coefficient (Wildman–Crippen LogP) is 1.65. The minimum absolute atomic E-state index is 0.274. The fourth-order valence-corrected chi connectivity index (χ4v) is 1.97. The summed E-state index contributed by atoms with van der Waals surface area (Å²) in [5.74, 6) is -0.573. The monoisotopic (exact) mass is 299 g/mol. The first kappa shape index (κ1) is 14.0. The van der Waals surface area contributed by atoms with Gasteiger partial charge in [0.1, 0.15) is 18.2 Å². The summed E-state index contributed by atoms with van der Waals surface area (Å²) in [4.78, 5) is 12.0. The molecule has 112 valence electrons. The molecule has 2 heterocycles. The number of rotatable bonds is 5. The Morgan fingerprint density at radius 1 is 1.14 bits per heavy atom. The fourth-order valence-electron chi connectivity index (χ4n) is 1.97. The third-order valence-corrected chi connectivity index (χ3v) is 3.09. The van der Waals surface area contributed by atoms with Gasteiger partial charge in [-0.05, 0) is 29.8 Å². The zero-order chi connectivity index (χ0) is 15.4. The maximum Gasteiger partial charge on any atom is 0.272 e. The minimum Gasteiger partial charge on any atom is -0.347 e. The summed E-state index contributed by atoms with van der Waals surface area (Å²) in [6.07, 6.45) is 5.21. The van der Waals surface area contributed by atoms with E-state index < -0.39 is 0 Å². The number of carbonyl (C=O) groups excluding carboxylic acids is 1. The van der Waals surface area contributed by atoms with E-state index in [1.807, 2.05) is 12.3 Å². The molecule has 3 aromatic rings. The van der Waals surface area contributed by atoms with Gasteiger partial charge in [-0.2, -0.15) is 10.2 Å². The lowest BCUT2D eigenvalue weighted by molar-refractivity contribution is 0.0945. The van der Waals surface area contributed by atoms with E-state index >= 15 is 0 Å². The molecule has 0 spiro atoms. The van der Waals surface area contributed by atoms with Gasteiger partial charge in [-0.3, -0.25) is 14.2 Å². The van der Waals surface area contributed by atoms with E-state index in [0.29, 0.717) is 18.9 Å². The van der Waals surface area contributed by atoms with Gasteiger partial charge < -0.3 is 5.32 Å². The molecule has 0 saturated heterocycles. The third-order valence-electron chi connectivity index (χ3n) is 3.09. The van der Waals surface area contributed by atoms with Gasteiger partial charge in [0, 0.05) is 25.1 Å². The van der Waals surface area contributed by atoms with Crippen molar-refractivity contribution < 1.29 is 9.18 Å². The maximum atomic E-state index is 12.8. The highest BCUT2D eigenvalue weighted by atomic mass is 19.1. The Morgan fingerprint density at radius 2 is 1.95 bits per heavy atom. The molecule has 0 aliphatic carbocycles. The highest BCUT2D eigenvalue weighted by Gasteiger charge is 2.09. The van der Waals surface area contributed by atoms with Crippen molar-refractivity contribution in [3.8, 4) is 0 Å². The van der Waals surface area contributed by atoms with Gasteiger partial charge in [-0.15, -0.1) is 0 Å². The lowest BCUT2D eigenvalue weighted by atomic mass is 10.2. The highest BCUT2D eigenvalue weighted by molar-refractivity contribution is 5.92. The van der Waals surface area contributed by atoms with Crippen LogP contribution < -0.4 is 5.32 Å². The molecule has 22 heavy (non-hydrogen) atoms. The average molecular weight is 299 g/mol. The van der Waals surface area contributed by atoms with Crippen LogP contribution in [0.5, 0.6) is 0 Å². The van der Waals surface area contributed by atoms with Crippen LogP contribution in [0.25, 0.3) is 0 Å². The van der Waals surface area contributed by atoms with Crippen molar-refractivity contribution in [1.29, 1.82) is 0 Å². The maximum absolute atomic E-state index is 12.8. The Labute approximate surface area is 126 Å². The van der Waals surface area contributed by atoms with Crippen LogP contribution in [0.15, 0.2) is 55.0 Å². The summed E-state index contributed by atoms with van der Waals surface area (Å²) in [5, 5.41) is 11.0. The van der Waals surface area contributed by atoms with Crippen LogP contribution in [0.2, 0.25) is 0 Å². The van der Waals surface area contributed by atoms with Crippen molar-refractivity contribution >= 4 is 5.91 Å². The fraction of sp³-hybridized carbons (Fsp3) is 0.133. The Bertz CT molecular complexity index is 749. The molecule has 1 aromatic carbocycles. The van der Waals surface area contributed by atoms with E-state index in [0.717, 1.165) is 5.56 Å². The Kier molecular flexibility index (Phi) is 3.95. The molecular weight excluding hydrogens is 285 g/mol. The molecule has 3 rings (SSSR count). The van der Waals surface area contributed by atoms with Crippen molar-refractivity contribution in [1.82, 2.24) is 24.9 Å². The van der Waals surface area contributed by atoms with E-state index in [-0.39, 0.29) is 11.7 Å².